The fourth-order valence-electron chi connectivity index (χ4n) is 2.27. The molecular formula is C13H26N2O2. The van der Waals surface area contributed by atoms with Crippen molar-refractivity contribution < 1.29 is 9.53 Å². The van der Waals surface area contributed by atoms with Crippen molar-refractivity contribution in [3.8, 4) is 0 Å². The summed E-state index contributed by atoms with van der Waals surface area (Å²) in [5, 5.41) is 2.81. The standard InChI is InChI=1S/C13H26N2O2/c1-5-11-7-6-9-15(11)10-8-14-12(16)17-13(2,3)4/h11H,5-10H2,1-4H3,(H,14,16). The fraction of sp³-hybridized carbons (Fsp3) is 0.923. The van der Waals surface area contributed by atoms with Crippen molar-refractivity contribution in [3.05, 3.63) is 0 Å². The molecule has 1 N–H and O–H groups in total. The second-order valence-corrected chi connectivity index (χ2v) is 5.67. The molecule has 1 saturated heterocycles. The predicted molar refractivity (Wildman–Crippen MR) is 69.1 cm³/mol. The average Bonchev–Trinajstić information content (AvgIpc) is 2.62. The van der Waals surface area contributed by atoms with Crippen LogP contribution < -0.4 is 5.32 Å². The molecule has 1 heterocycles. The van der Waals surface area contributed by atoms with Crippen LogP contribution in [0.2, 0.25) is 0 Å². The fourth-order valence-corrected chi connectivity index (χ4v) is 2.27. The average molecular weight is 242 g/mol. The molecule has 0 radical (unpaired) electrons. The third-order valence-electron chi connectivity index (χ3n) is 3.04. The molecule has 1 aliphatic heterocycles. The summed E-state index contributed by atoms with van der Waals surface area (Å²) in [5.74, 6) is 0. The largest absolute Gasteiger partial charge is 0.444 e. The lowest BCUT2D eigenvalue weighted by Crippen LogP contribution is -2.39. The molecule has 1 unspecified atom stereocenters. The van der Waals surface area contributed by atoms with E-state index in [1.807, 2.05) is 20.8 Å². The van der Waals surface area contributed by atoms with Gasteiger partial charge in [0.25, 0.3) is 0 Å². The van der Waals surface area contributed by atoms with Crippen LogP contribution in [-0.4, -0.2) is 42.3 Å². The lowest BCUT2D eigenvalue weighted by atomic mass is 10.2. The Bertz CT molecular complexity index is 248. The van der Waals surface area contributed by atoms with Crippen LogP contribution in [0.15, 0.2) is 0 Å². The second-order valence-electron chi connectivity index (χ2n) is 5.67. The van der Waals surface area contributed by atoms with Crippen molar-refractivity contribution in [3.63, 3.8) is 0 Å². The van der Waals surface area contributed by atoms with Crippen molar-refractivity contribution in [2.45, 2.75) is 58.6 Å². The number of nitrogens with zero attached hydrogens (tertiary/aromatic N) is 1. The zero-order valence-electron chi connectivity index (χ0n) is 11.6. The summed E-state index contributed by atoms with van der Waals surface area (Å²) in [4.78, 5) is 13.9. The molecule has 4 heteroatoms. The SMILES string of the molecule is CCC1CCCN1CCNC(=O)OC(C)(C)C. The lowest BCUT2D eigenvalue weighted by Gasteiger charge is -2.24. The van der Waals surface area contributed by atoms with E-state index in [0.717, 1.165) is 13.1 Å². The summed E-state index contributed by atoms with van der Waals surface area (Å²) in [5.41, 5.74) is -0.413. The van der Waals surface area contributed by atoms with Crippen LogP contribution in [0.3, 0.4) is 0 Å². The minimum absolute atomic E-state index is 0.315. The van der Waals surface area contributed by atoms with Crippen molar-refractivity contribution in [2.24, 2.45) is 0 Å². The molecule has 0 aromatic heterocycles. The molecule has 17 heavy (non-hydrogen) atoms. The van der Waals surface area contributed by atoms with Gasteiger partial charge in [0.2, 0.25) is 0 Å². The third-order valence-corrected chi connectivity index (χ3v) is 3.04. The summed E-state index contributed by atoms with van der Waals surface area (Å²) in [6, 6.07) is 0.704. The van der Waals surface area contributed by atoms with Crippen molar-refractivity contribution >= 4 is 6.09 Å². The zero-order valence-corrected chi connectivity index (χ0v) is 11.6. The minimum atomic E-state index is -0.413. The minimum Gasteiger partial charge on any atom is -0.444 e. The maximum atomic E-state index is 11.4. The molecule has 0 aromatic carbocycles. The number of likely N-dealkylation sites (tertiary alicyclic amines) is 1. The number of alkyl carbamates (subject to hydrolysis) is 1. The second kappa shape index (κ2) is 6.24. The first-order valence-corrected chi connectivity index (χ1v) is 6.63. The molecule has 1 rings (SSSR count). The van der Waals surface area contributed by atoms with Crippen LogP contribution in [0.4, 0.5) is 4.79 Å². The Labute approximate surface area is 105 Å². The molecular weight excluding hydrogens is 216 g/mol. The smallest absolute Gasteiger partial charge is 0.407 e. The Balaban J connectivity index is 2.17. The number of carbonyl (C=O) groups is 1. The first-order valence-electron chi connectivity index (χ1n) is 6.63. The maximum absolute atomic E-state index is 11.4. The highest BCUT2D eigenvalue weighted by atomic mass is 16.6. The van der Waals surface area contributed by atoms with E-state index in [2.05, 4.69) is 17.1 Å². The van der Waals surface area contributed by atoms with E-state index in [1.54, 1.807) is 0 Å². The van der Waals surface area contributed by atoms with Crippen molar-refractivity contribution in [1.82, 2.24) is 10.2 Å². The van der Waals surface area contributed by atoms with Gasteiger partial charge in [-0.15, -0.1) is 0 Å². The number of amides is 1. The highest BCUT2D eigenvalue weighted by molar-refractivity contribution is 5.67. The van der Waals surface area contributed by atoms with E-state index in [1.165, 1.54) is 19.3 Å². The van der Waals surface area contributed by atoms with Crippen molar-refractivity contribution in [2.75, 3.05) is 19.6 Å². The zero-order chi connectivity index (χ0) is 12.9. The summed E-state index contributed by atoms with van der Waals surface area (Å²) in [7, 11) is 0. The number of hydrogen-bond acceptors (Lipinski definition) is 3. The summed E-state index contributed by atoms with van der Waals surface area (Å²) in [6.45, 7) is 10.6. The van der Waals surface area contributed by atoms with Crippen LogP contribution in [-0.2, 0) is 4.74 Å². The van der Waals surface area contributed by atoms with Gasteiger partial charge in [-0.2, -0.15) is 0 Å². The molecule has 1 aliphatic rings. The van der Waals surface area contributed by atoms with Gasteiger partial charge in [-0.05, 0) is 46.6 Å². The van der Waals surface area contributed by atoms with Crippen LogP contribution in [0, 0.1) is 0 Å². The summed E-state index contributed by atoms with van der Waals surface area (Å²) >= 11 is 0. The number of carbonyl (C=O) groups excluding carboxylic acids is 1. The van der Waals surface area contributed by atoms with E-state index in [9.17, 15) is 4.79 Å². The van der Waals surface area contributed by atoms with Crippen molar-refractivity contribution in [1.29, 1.82) is 0 Å². The highest BCUT2D eigenvalue weighted by Gasteiger charge is 2.22. The van der Waals surface area contributed by atoms with E-state index in [4.69, 9.17) is 4.74 Å². The van der Waals surface area contributed by atoms with Gasteiger partial charge in [0, 0.05) is 19.1 Å². The number of ether oxygens (including phenoxy) is 1. The monoisotopic (exact) mass is 242 g/mol. The molecule has 1 amide bonds. The van der Waals surface area contributed by atoms with Gasteiger partial charge in [0.1, 0.15) is 5.60 Å². The lowest BCUT2D eigenvalue weighted by molar-refractivity contribution is 0.0521. The number of nitrogens with one attached hydrogen (secondary N) is 1. The molecule has 0 saturated carbocycles. The van der Waals surface area contributed by atoms with E-state index >= 15 is 0 Å². The van der Waals surface area contributed by atoms with Crippen LogP contribution in [0.1, 0.15) is 47.0 Å². The van der Waals surface area contributed by atoms with E-state index in [-0.39, 0.29) is 6.09 Å². The third kappa shape index (κ3) is 5.39. The quantitative estimate of drug-likeness (QED) is 0.823. The first-order chi connectivity index (χ1) is 7.92. The Morgan fingerprint density at radius 2 is 2.18 bits per heavy atom. The topological polar surface area (TPSA) is 41.6 Å². The van der Waals surface area contributed by atoms with Gasteiger partial charge in [0.05, 0.1) is 0 Å². The molecule has 1 fully saturated rings. The molecule has 0 aromatic rings. The molecule has 0 bridgehead atoms. The van der Waals surface area contributed by atoms with Gasteiger partial charge in [-0.1, -0.05) is 6.92 Å². The summed E-state index contributed by atoms with van der Waals surface area (Å²) < 4.78 is 5.19. The normalized spacial score (nSPS) is 21.5. The van der Waals surface area contributed by atoms with Crippen LogP contribution in [0.25, 0.3) is 0 Å². The molecule has 0 aliphatic carbocycles. The first kappa shape index (κ1) is 14.3. The van der Waals surface area contributed by atoms with E-state index in [0.29, 0.717) is 12.6 Å². The van der Waals surface area contributed by atoms with Gasteiger partial charge in [0.15, 0.2) is 0 Å². The Morgan fingerprint density at radius 1 is 1.47 bits per heavy atom. The molecule has 100 valence electrons. The Kier molecular flexibility index (Phi) is 5.25. The Morgan fingerprint density at radius 3 is 2.76 bits per heavy atom. The number of hydrogen-bond donors (Lipinski definition) is 1. The van der Waals surface area contributed by atoms with Gasteiger partial charge < -0.3 is 10.1 Å². The highest BCUT2D eigenvalue weighted by Crippen LogP contribution is 2.18. The van der Waals surface area contributed by atoms with Gasteiger partial charge >= 0.3 is 6.09 Å². The van der Waals surface area contributed by atoms with Gasteiger partial charge in [-0.25, -0.2) is 4.79 Å². The molecule has 4 nitrogen and oxygen atoms in total. The van der Waals surface area contributed by atoms with Gasteiger partial charge in [-0.3, -0.25) is 4.90 Å². The van der Waals surface area contributed by atoms with Crippen LogP contribution in [0.5, 0.6) is 0 Å². The maximum Gasteiger partial charge on any atom is 0.407 e. The van der Waals surface area contributed by atoms with E-state index < -0.39 is 5.60 Å². The van der Waals surface area contributed by atoms with Crippen LogP contribution >= 0.6 is 0 Å². The molecule has 1 atom stereocenters. The Hall–Kier alpha value is -0.770. The molecule has 0 spiro atoms. The predicted octanol–water partition coefficient (Wildman–Crippen LogP) is 2.39. The summed E-state index contributed by atoms with van der Waals surface area (Å²) in [6.07, 6.45) is 3.46. The number of rotatable bonds is 4.